The molecule has 8 heteroatoms. The van der Waals surface area contributed by atoms with Crippen molar-refractivity contribution in [1.82, 2.24) is 20.1 Å². The monoisotopic (exact) mass is 349 g/mol. The molecule has 5 nitrogen and oxygen atoms in total. The van der Waals surface area contributed by atoms with Crippen LogP contribution in [0.1, 0.15) is 23.3 Å². The highest BCUT2D eigenvalue weighted by Crippen LogP contribution is 2.18. The Balaban J connectivity index is 0.00000110. The number of nitrogens with one attached hydrogen (secondary N) is 1. The van der Waals surface area contributed by atoms with Crippen LogP contribution in [0.2, 0.25) is 5.02 Å². The number of fused-ring (bicyclic) bond motifs is 1. The molecule has 0 fully saturated rings. The highest BCUT2D eigenvalue weighted by molar-refractivity contribution is 6.30. The number of aromatic nitrogens is 3. The third kappa shape index (κ3) is 4.08. The van der Waals surface area contributed by atoms with E-state index in [0.717, 1.165) is 48.3 Å². The van der Waals surface area contributed by atoms with Crippen molar-refractivity contribution in [3.8, 4) is 0 Å². The Morgan fingerprint density at radius 2 is 1.95 bits per heavy atom. The molecular formula is C13H18Cl3N5. The summed E-state index contributed by atoms with van der Waals surface area (Å²) >= 11 is 5.88. The molecule has 0 saturated carbocycles. The molecule has 0 spiro atoms. The number of hydrogen-bond acceptors (Lipinski definition) is 4. The van der Waals surface area contributed by atoms with Gasteiger partial charge in [0, 0.05) is 18.1 Å². The second-order valence-electron chi connectivity index (χ2n) is 4.74. The predicted molar refractivity (Wildman–Crippen MR) is 88.3 cm³/mol. The van der Waals surface area contributed by atoms with Crippen LogP contribution >= 0.6 is 36.4 Å². The molecule has 0 saturated heterocycles. The molecule has 1 aromatic carbocycles. The van der Waals surface area contributed by atoms with E-state index in [-0.39, 0.29) is 30.9 Å². The summed E-state index contributed by atoms with van der Waals surface area (Å²) in [6.45, 7) is 2.58. The first kappa shape index (κ1) is 18.2. The maximum absolute atomic E-state index is 6.26. The van der Waals surface area contributed by atoms with Crippen LogP contribution in [0.5, 0.6) is 0 Å². The average Bonchev–Trinajstić information content (AvgIpc) is 2.85. The van der Waals surface area contributed by atoms with Crippen molar-refractivity contribution in [3.05, 3.63) is 46.5 Å². The maximum Gasteiger partial charge on any atom is 0.150 e. The lowest BCUT2D eigenvalue weighted by Gasteiger charge is -2.18. The smallest absolute Gasteiger partial charge is 0.150 e. The fourth-order valence-corrected chi connectivity index (χ4v) is 2.48. The summed E-state index contributed by atoms with van der Waals surface area (Å²) in [5, 5.41) is 12.4. The van der Waals surface area contributed by atoms with Gasteiger partial charge in [-0.3, -0.25) is 0 Å². The van der Waals surface area contributed by atoms with Gasteiger partial charge >= 0.3 is 0 Å². The Morgan fingerprint density at radius 3 is 2.67 bits per heavy atom. The van der Waals surface area contributed by atoms with Crippen LogP contribution in [0, 0.1) is 0 Å². The molecular weight excluding hydrogens is 333 g/mol. The van der Waals surface area contributed by atoms with Crippen molar-refractivity contribution < 1.29 is 0 Å². The van der Waals surface area contributed by atoms with Crippen LogP contribution in [0.3, 0.4) is 0 Å². The van der Waals surface area contributed by atoms with Crippen LogP contribution in [0.15, 0.2) is 24.3 Å². The molecule has 2 heterocycles. The van der Waals surface area contributed by atoms with Crippen LogP contribution in [0.4, 0.5) is 0 Å². The molecule has 0 amide bonds. The first-order valence-corrected chi connectivity index (χ1v) is 6.74. The quantitative estimate of drug-likeness (QED) is 0.889. The van der Waals surface area contributed by atoms with Crippen molar-refractivity contribution >= 4 is 36.4 Å². The summed E-state index contributed by atoms with van der Waals surface area (Å²) in [6.07, 6.45) is 0.739. The minimum Gasteiger partial charge on any atom is -0.321 e. The molecule has 0 aliphatic carbocycles. The first-order valence-electron chi connectivity index (χ1n) is 6.37. The highest BCUT2D eigenvalue weighted by Gasteiger charge is 2.20. The lowest BCUT2D eigenvalue weighted by molar-refractivity contribution is 0.478. The zero-order valence-electron chi connectivity index (χ0n) is 11.3. The van der Waals surface area contributed by atoms with E-state index in [1.165, 1.54) is 0 Å². The van der Waals surface area contributed by atoms with Crippen molar-refractivity contribution in [3.63, 3.8) is 0 Å². The molecule has 1 atom stereocenters. The first-order chi connectivity index (χ1) is 9.24. The van der Waals surface area contributed by atoms with Gasteiger partial charge in [0.25, 0.3) is 0 Å². The zero-order chi connectivity index (χ0) is 13.2. The SMILES string of the molecule is Cl.Cl.N[C@H](Cc1ccc(Cl)cc1)c1nnc2n1CCNC2. The number of halogens is 3. The van der Waals surface area contributed by atoms with E-state index in [1.54, 1.807) is 0 Å². The summed E-state index contributed by atoms with van der Waals surface area (Å²) in [7, 11) is 0. The number of benzene rings is 1. The summed E-state index contributed by atoms with van der Waals surface area (Å²) < 4.78 is 2.12. The fraction of sp³-hybridized carbons (Fsp3) is 0.385. The Hall–Kier alpha value is -0.850. The minimum absolute atomic E-state index is 0. The van der Waals surface area contributed by atoms with E-state index in [4.69, 9.17) is 17.3 Å². The molecule has 0 bridgehead atoms. The largest absolute Gasteiger partial charge is 0.321 e. The van der Waals surface area contributed by atoms with Gasteiger partial charge in [-0.05, 0) is 24.1 Å². The standard InChI is InChI=1S/C13H16ClN5.2ClH/c14-10-3-1-9(2-4-10)7-11(15)13-18-17-12-8-16-5-6-19(12)13;;/h1-4,11,16H,5-8,15H2;2*1H/t11-;;/m1../s1. The van der Waals surface area contributed by atoms with Crippen LogP contribution in [0.25, 0.3) is 0 Å². The van der Waals surface area contributed by atoms with Crippen molar-refractivity contribution in [2.45, 2.75) is 25.6 Å². The molecule has 0 radical (unpaired) electrons. The van der Waals surface area contributed by atoms with Crippen molar-refractivity contribution in [2.24, 2.45) is 5.73 Å². The van der Waals surface area contributed by atoms with Gasteiger partial charge in [0.2, 0.25) is 0 Å². The zero-order valence-corrected chi connectivity index (χ0v) is 13.7. The Kier molecular flexibility index (Phi) is 6.90. The topological polar surface area (TPSA) is 68.8 Å². The van der Waals surface area contributed by atoms with E-state index in [9.17, 15) is 0 Å². The summed E-state index contributed by atoms with van der Waals surface area (Å²) in [5.74, 6) is 1.83. The van der Waals surface area contributed by atoms with Crippen molar-refractivity contribution in [2.75, 3.05) is 6.54 Å². The van der Waals surface area contributed by atoms with Gasteiger partial charge in [-0.1, -0.05) is 23.7 Å². The van der Waals surface area contributed by atoms with E-state index < -0.39 is 0 Å². The summed E-state index contributed by atoms with van der Waals surface area (Å²) in [4.78, 5) is 0. The van der Waals surface area contributed by atoms with Gasteiger partial charge in [-0.25, -0.2) is 0 Å². The minimum atomic E-state index is -0.138. The molecule has 3 rings (SSSR count). The molecule has 0 unspecified atom stereocenters. The van der Waals surface area contributed by atoms with Gasteiger partial charge < -0.3 is 15.6 Å². The van der Waals surface area contributed by atoms with Gasteiger partial charge in [0.15, 0.2) is 0 Å². The summed E-state index contributed by atoms with van der Waals surface area (Å²) in [6, 6.07) is 7.62. The van der Waals surface area contributed by atoms with Gasteiger partial charge in [0.1, 0.15) is 11.6 Å². The summed E-state index contributed by atoms with van der Waals surface area (Å²) in [5.41, 5.74) is 7.41. The predicted octanol–water partition coefficient (Wildman–Crippen LogP) is 2.12. The molecule has 2 aromatic rings. The normalized spacial score (nSPS) is 14.6. The van der Waals surface area contributed by atoms with Crippen LogP contribution < -0.4 is 11.1 Å². The molecule has 116 valence electrons. The van der Waals surface area contributed by atoms with E-state index in [2.05, 4.69) is 20.1 Å². The molecule has 3 N–H and O–H groups in total. The second-order valence-corrected chi connectivity index (χ2v) is 5.18. The van der Waals surface area contributed by atoms with Crippen LogP contribution in [-0.2, 0) is 19.5 Å². The number of nitrogens with zero attached hydrogens (tertiary/aromatic N) is 3. The maximum atomic E-state index is 6.26. The third-order valence-corrected chi connectivity index (χ3v) is 3.60. The van der Waals surface area contributed by atoms with Crippen LogP contribution in [-0.4, -0.2) is 21.3 Å². The van der Waals surface area contributed by atoms with E-state index in [0.29, 0.717) is 0 Å². The number of rotatable bonds is 3. The average molecular weight is 351 g/mol. The number of hydrogen-bond donors (Lipinski definition) is 2. The van der Waals surface area contributed by atoms with Gasteiger partial charge in [-0.15, -0.1) is 35.0 Å². The van der Waals surface area contributed by atoms with E-state index in [1.807, 2.05) is 24.3 Å². The molecule has 1 aliphatic heterocycles. The lowest BCUT2D eigenvalue weighted by Crippen LogP contribution is -2.30. The molecule has 21 heavy (non-hydrogen) atoms. The van der Waals surface area contributed by atoms with E-state index >= 15 is 0 Å². The molecule has 1 aliphatic rings. The number of nitrogens with two attached hydrogens (primary N) is 1. The fourth-order valence-electron chi connectivity index (χ4n) is 2.35. The Labute approximate surface area is 141 Å². The second kappa shape index (κ2) is 7.96. The van der Waals surface area contributed by atoms with Crippen molar-refractivity contribution in [1.29, 1.82) is 0 Å². The van der Waals surface area contributed by atoms with Gasteiger partial charge in [-0.2, -0.15) is 0 Å². The Bertz CT molecular complexity index is 570. The Morgan fingerprint density at radius 1 is 1.24 bits per heavy atom. The highest BCUT2D eigenvalue weighted by atomic mass is 35.5. The lowest BCUT2D eigenvalue weighted by atomic mass is 10.1. The van der Waals surface area contributed by atoms with Gasteiger partial charge in [0.05, 0.1) is 12.6 Å². The molecule has 1 aromatic heterocycles. The third-order valence-electron chi connectivity index (χ3n) is 3.35.